The summed E-state index contributed by atoms with van der Waals surface area (Å²) in [6.07, 6.45) is 2.76. The van der Waals surface area contributed by atoms with Gasteiger partial charge >= 0.3 is 0 Å². The lowest BCUT2D eigenvalue weighted by molar-refractivity contribution is -0.131. The summed E-state index contributed by atoms with van der Waals surface area (Å²) in [7, 11) is 1.87. The first-order valence-corrected chi connectivity index (χ1v) is 4.45. The van der Waals surface area contributed by atoms with Gasteiger partial charge < -0.3 is 10.6 Å². The van der Waals surface area contributed by atoms with Gasteiger partial charge in [0, 0.05) is 25.0 Å². The van der Waals surface area contributed by atoms with E-state index in [1.54, 1.807) is 0 Å². The van der Waals surface area contributed by atoms with Crippen LogP contribution in [-0.4, -0.2) is 29.4 Å². The van der Waals surface area contributed by atoms with Crippen LogP contribution in [0.5, 0.6) is 0 Å². The van der Waals surface area contributed by atoms with Crippen molar-refractivity contribution < 1.29 is 4.79 Å². The molecule has 0 saturated heterocycles. The first-order chi connectivity index (χ1) is 5.40. The van der Waals surface area contributed by atoms with Gasteiger partial charge in [0.15, 0.2) is 0 Å². The summed E-state index contributed by atoms with van der Waals surface area (Å²) < 4.78 is 0. The lowest BCUT2D eigenvalue weighted by atomic mass is 10.0. The van der Waals surface area contributed by atoms with Gasteiger partial charge in [-0.05, 0) is 26.7 Å². The Labute approximate surface area is 73.9 Å². The van der Waals surface area contributed by atoms with E-state index in [-0.39, 0.29) is 11.4 Å². The molecule has 0 unspecified atom stereocenters. The van der Waals surface area contributed by atoms with Crippen LogP contribution in [0.25, 0.3) is 0 Å². The second-order valence-corrected chi connectivity index (χ2v) is 4.40. The van der Waals surface area contributed by atoms with Crippen molar-refractivity contribution in [3.8, 4) is 0 Å². The first-order valence-electron chi connectivity index (χ1n) is 4.45. The van der Waals surface area contributed by atoms with Crippen LogP contribution in [0, 0.1) is 0 Å². The minimum atomic E-state index is -0.375. The summed E-state index contributed by atoms with van der Waals surface area (Å²) in [6, 6.07) is 0.500. The number of amides is 1. The summed E-state index contributed by atoms with van der Waals surface area (Å²) >= 11 is 0. The van der Waals surface area contributed by atoms with E-state index in [2.05, 4.69) is 0 Å². The van der Waals surface area contributed by atoms with Gasteiger partial charge in [-0.15, -0.1) is 0 Å². The zero-order valence-electron chi connectivity index (χ0n) is 8.13. The van der Waals surface area contributed by atoms with Gasteiger partial charge in [0.05, 0.1) is 0 Å². The van der Waals surface area contributed by atoms with Crippen LogP contribution in [0.15, 0.2) is 0 Å². The van der Waals surface area contributed by atoms with Crippen molar-refractivity contribution in [2.24, 2.45) is 5.73 Å². The van der Waals surface area contributed by atoms with Crippen LogP contribution in [0.3, 0.4) is 0 Å². The van der Waals surface area contributed by atoms with Crippen LogP contribution in [0.2, 0.25) is 0 Å². The summed E-state index contributed by atoms with van der Waals surface area (Å²) in [5.74, 6) is 0.171. The number of hydrogen-bond donors (Lipinski definition) is 1. The molecule has 0 bridgehead atoms. The smallest absolute Gasteiger partial charge is 0.224 e. The molecule has 70 valence electrons. The van der Waals surface area contributed by atoms with E-state index >= 15 is 0 Å². The maximum atomic E-state index is 11.5. The molecule has 12 heavy (non-hydrogen) atoms. The molecule has 1 aliphatic rings. The molecule has 0 aromatic rings. The van der Waals surface area contributed by atoms with Gasteiger partial charge in [-0.25, -0.2) is 0 Å². The monoisotopic (exact) mass is 170 g/mol. The van der Waals surface area contributed by atoms with Crippen molar-refractivity contribution in [2.75, 3.05) is 7.05 Å². The van der Waals surface area contributed by atoms with Crippen molar-refractivity contribution in [3.63, 3.8) is 0 Å². The molecule has 3 heteroatoms. The molecule has 2 N–H and O–H groups in total. The molecule has 0 aromatic heterocycles. The Kier molecular flexibility index (Phi) is 2.42. The summed E-state index contributed by atoms with van der Waals surface area (Å²) in [6.45, 7) is 3.76. The number of hydrogen-bond acceptors (Lipinski definition) is 2. The van der Waals surface area contributed by atoms with E-state index in [0.717, 1.165) is 12.8 Å². The van der Waals surface area contributed by atoms with Gasteiger partial charge in [0.1, 0.15) is 0 Å². The van der Waals surface area contributed by atoms with Gasteiger partial charge in [0.25, 0.3) is 0 Å². The first kappa shape index (κ1) is 9.52. The minimum absolute atomic E-state index is 0.171. The SMILES string of the molecule is CN(C(=O)CC(C)(C)N)C1CC1. The minimum Gasteiger partial charge on any atom is -0.343 e. The zero-order chi connectivity index (χ0) is 9.35. The Balaban J connectivity index is 2.36. The topological polar surface area (TPSA) is 46.3 Å². The summed E-state index contributed by atoms with van der Waals surface area (Å²) in [4.78, 5) is 13.3. The fraction of sp³-hybridized carbons (Fsp3) is 0.889. The number of rotatable bonds is 3. The molecule has 0 aromatic carbocycles. The van der Waals surface area contributed by atoms with E-state index in [0.29, 0.717) is 12.5 Å². The molecule has 1 fully saturated rings. The van der Waals surface area contributed by atoms with E-state index in [9.17, 15) is 4.79 Å². The largest absolute Gasteiger partial charge is 0.343 e. The highest BCUT2D eigenvalue weighted by Crippen LogP contribution is 2.26. The molecule has 1 amide bonds. The highest BCUT2D eigenvalue weighted by atomic mass is 16.2. The summed E-state index contributed by atoms with van der Waals surface area (Å²) in [5, 5.41) is 0. The van der Waals surface area contributed by atoms with E-state index in [4.69, 9.17) is 5.73 Å². The third kappa shape index (κ3) is 2.81. The van der Waals surface area contributed by atoms with E-state index in [1.165, 1.54) is 0 Å². The van der Waals surface area contributed by atoms with Crippen molar-refractivity contribution in [2.45, 2.75) is 44.7 Å². The third-order valence-corrected chi connectivity index (χ3v) is 2.09. The lowest BCUT2D eigenvalue weighted by Gasteiger charge is -2.22. The Bertz CT molecular complexity index is 179. The van der Waals surface area contributed by atoms with Crippen LogP contribution >= 0.6 is 0 Å². The Morgan fingerprint density at radius 3 is 2.42 bits per heavy atom. The third-order valence-electron chi connectivity index (χ3n) is 2.09. The van der Waals surface area contributed by atoms with Crippen molar-refractivity contribution in [1.29, 1.82) is 0 Å². The van der Waals surface area contributed by atoms with Crippen LogP contribution in [0.4, 0.5) is 0 Å². The molecule has 0 aliphatic heterocycles. The van der Waals surface area contributed by atoms with Crippen LogP contribution < -0.4 is 5.73 Å². The predicted octanol–water partition coefficient (Wildman–Crippen LogP) is 0.735. The van der Waals surface area contributed by atoms with Gasteiger partial charge in [-0.1, -0.05) is 0 Å². The lowest BCUT2D eigenvalue weighted by Crippen LogP contribution is -2.40. The average Bonchev–Trinajstić information content (AvgIpc) is 2.62. The second kappa shape index (κ2) is 3.05. The zero-order valence-corrected chi connectivity index (χ0v) is 8.13. The molecule has 0 heterocycles. The fourth-order valence-corrected chi connectivity index (χ4v) is 1.18. The predicted molar refractivity (Wildman–Crippen MR) is 48.7 cm³/mol. The number of carbonyl (C=O) groups is 1. The molecule has 0 spiro atoms. The molecule has 3 nitrogen and oxygen atoms in total. The summed E-state index contributed by atoms with van der Waals surface area (Å²) in [5.41, 5.74) is 5.37. The molecule has 1 rings (SSSR count). The second-order valence-electron chi connectivity index (χ2n) is 4.40. The molecular weight excluding hydrogens is 152 g/mol. The fourth-order valence-electron chi connectivity index (χ4n) is 1.18. The van der Waals surface area contributed by atoms with Crippen molar-refractivity contribution >= 4 is 5.91 Å². The van der Waals surface area contributed by atoms with E-state index < -0.39 is 0 Å². The Morgan fingerprint density at radius 2 is 2.08 bits per heavy atom. The maximum Gasteiger partial charge on any atom is 0.224 e. The van der Waals surface area contributed by atoms with Gasteiger partial charge in [-0.2, -0.15) is 0 Å². The average molecular weight is 170 g/mol. The quantitative estimate of drug-likeness (QED) is 0.679. The van der Waals surface area contributed by atoms with E-state index in [1.807, 2.05) is 25.8 Å². The molecule has 0 radical (unpaired) electrons. The standard InChI is InChI=1S/C9H18N2O/c1-9(2,10)6-8(12)11(3)7-4-5-7/h7H,4-6,10H2,1-3H3. The van der Waals surface area contributed by atoms with Crippen LogP contribution in [0.1, 0.15) is 33.1 Å². The van der Waals surface area contributed by atoms with Gasteiger partial charge in [0.2, 0.25) is 5.91 Å². The Morgan fingerprint density at radius 1 is 1.58 bits per heavy atom. The Hall–Kier alpha value is -0.570. The molecule has 1 saturated carbocycles. The number of nitrogens with zero attached hydrogens (tertiary/aromatic N) is 1. The van der Waals surface area contributed by atoms with Crippen molar-refractivity contribution in [3.05, 3.63) is 0 Å². The molecule has 1 aliphatic carbocycles. The van der Waals surface area contributed by atoms with Gasteiger partial charge in [-0.3, -0.25) is 4.79 Å². The molecule has 0 atom stereocenters. The number of nitrogens with two attached hydrogens (primary N) is 1. The number of carbonyl (C=O) groups excluding carboxylic acids is 1. The van der Waals surface area contributed by atoms with Crippen molar-refractivity contribution in [1.82, 2.24) is 4.90 Å². The van der Waals surface area contributed by atoms with Crippen LogP contribution in [-0.2, 0) is 4.79 Å². The highest BCUT2D eigenvalue weighted by Gasteiger charge is 2.31. The molecular formula is C9H18N2O. The highest BCUT2D eigenvalue weighted by molar-refractivity contribution is 5.77. The normalized spacial score (nSPS) is 17.7. The maximum absolute atomic E-state index is 11.5.